The average molecular weight is 588 g/mol. The summed E-state index contributed by atoms with van der Waals surface area (Å²) in [5, 5.41) is 0. The van der Waals surface area contributed by atoms with Crippen LogP contribution in [0, 0.1) is 24.2 Å². The number of aryl methyl sites for hydroxylation is 2. The zero-order valence-corrected chi connectivity index (χ0v) is 25.7. The van der Waals surface area contributed by atoms with E-state index in [0.29, 0.717) is 43.1 Å². The van der Waals surface area contributed by atoms with Crippen molar-refractivity contribution in [2.75, 3.05) is 26.7 Å². The number of halogens is 1. The Bertz CT molecular complexity index is 1340. The van der Waals surface area contributed by atoms with Crippen molar-refractivity contribution in [3.63, 3.8) is 0 Å². The van der Waals surface area contributed by atoms with Crippen LogP contribution in [-0.2, 0) is 25.9 Å². The summed E-state index contributed by atoms with van der Waals surface area (Å²) in [6.07, 6.45) is 7.15. The van der Waals surface area contributed by atoms with Crippen molar-refractivity contribution in [3.8, 4) is 5.75 Å². The van der Waals surface area contributed by atoms with E-state index in [2.05, 4.69) is 29.5 Å². The van der Waals surface area contributed by atoms with Crippen molar-refractivity contribution in [2.24, 2.45) is 21.6 Å². The molecular weight excluding hydrogens is 546 g/mol. The van der Waals surface area contributed by atoms with E-state index >= 15 is 0 Å². The monoisotopic (exact) mass is 587 g/mol. The van der Waals surface area contributed by atoms with Gasteiger partial charge in [-0.25, -0.2) is 0 Å². The molecule has 0 amide bonds. The van der Waals surface area contributed by atoms with Gasteiger partial charge >= 0.3 is 0 Å². The van der Waals surface area contributed by atoms with Gasteiger partial charge in [-0.05, 0) is 105 Å². The maximum Gasteiger partial charge on any atom is 0.285 e. The summed E-state index contributed by atoms with van der Waals surface area (Å²) in [7, 11) is -0.435. The Kier molecular flexibility index (Phi) is 8.57. The molecule has 3 aliphatic rings. The van der Waals surface area contributed by atoms with Crippen molar-refractivity contribution >= 4 is 27.5 Å². The van der Waals surface area contributed by atoms with Crippen LogP contribution >= 0.6 is 11.6 Å². The van der Waals surface area contributed by atoms with E-state index in [1.54, 1.807) is 38.5 Å². The van der Waals surface area contributed by atoms with Crippen LogP contribution in [0.2, 0.25) is 0 Å². The number of alkyl halides is 1. The molecule has 8 heteroatoms. The van der Waals surface area contributed by atoms with E-state index in [9.17, 15) is 8.42 Å². The Morgan fingerprint density at radius 3 is 2.55 bits per heavy atom. The van der Waals surface area contributed by atoms with Gasteiger partial charge in [0.25, 0.3) is 10.0 Å². The highest BCUT2D eigenvalue weighted by Crippen LogP contribution is 2.66. The molecule has 40 heavy (non-hydrogen) atoms. The molecule has 3 aliphatic carbocycles. The lowest BCUT2D eigenvalue weighted by Crippen LogP contribution is -2.53. The Morgan fingerprint density at radius 1 is 1.07 bits per heavy atom. The van der Waals surface area contributed by atoms with Crippen LogP contribution in [0.25, 0.3) is 0 Å². The van der Waals surface area contributed by atoms with Gasteiger partial charge < -0.3 is 14.2 Å². The van der Waals surface area contributed by atoms with E-state index in [0.717, 1.165) is 49.8 Å². The van der Waals surface area contributed by atoms with Crippen LogP contribution in [0.3, 0.4) is 0 Å². The fraction of sp³-hybridized carbons (Fsp3) is 0.594. The molecule has 218 valence electrons. The number of fused-ring (bicyclic) bond motifs is 5. The molecule has 2 saturated carbocycles. The first-order chi connectivity index (χ1) is 19.2. The molecular formula is C32H42ClNO5S. The maximum atomic E-state index is 13.3. The van der Waals surface area contributed by atoms with Gasteiger partial charge in [-0.15, -0.1) is 16.0 Å². The third kappa shape index (κ3) is 5.30. The third-order valence-electron chi connectivity index (χ3n) is 10.1. The molecule has 0 saturated heterocycles. The van der Waals surface area contributed by atoms with Gasteiger partial charge in [0.15, 0.2) is 0 Å². The Morgan fingerprint density at radius 2 is 1.85 bits per heavy atom. The van der Waals surface area contributed by atoms with Gasteiger partial charge in [0.1, 0.15) is 5.75 Å². The van der Waals surface area contributed by atoms with Crippen LogP contribution in [0.5, 0.6) is 5.75 Å². The highest BCUT2D eigenvalue weighted by Gasteiger charge is 2.63. The molecule has 0 bridgehead atoms. The van der Waals surface area contributed by atoms with Gasteiger partial charge in [-0.1, -0.05) is 30.7 Å². The topological polar surface area (TPSA) is 74.2 Å². The number of methoxy groups -OCH3 is 2. The molecule has 5 rings (SSSR count). The van der Waals surface area contributed by atoms with Crippen LogP contribution in [0.4, 0.5) is 0 Å². The fourth-order valence-electron chi connectivity index (χ4n) is 7.97. The van der Waals surface area contributed by atoms with Crippen molar-refractivity contribution in [2.45, 2.75) is 81.6 Å². The summed E-state index contributed by atoms with van der Waals surface area (Å²) in [6.45, 7) is 4.60. The van der Waals surface area contributed by atoms with E-state index in [1.807, 2.05) is 6.92 Å². The van der Waals surface area contributed by atoms with Crippen molar-refractivity contribution in [1.29, 1.82) is 0 Å². The lowest BCUT2D eigenvalue weighted by atomic mass is 9.53. The normalized spacial score (nSPS) is 29.8. The predicted molar refractivity (Wildman–Crippen MR) is 159 cm³/mol. The Labute approximate surface area is 244 Å². The first-order valence-electron chi connectivity index (χ1n) is 14.5. The van der Waals surface area contributed by atoms with Crippen LogP contribution in [0.15, 0.2) is 51.8 Å². The summed E-state index contributed by atoms with van der Waals surface area (Å²) in [5.74, 6) is 3.18. The molecule has 0 spiro atoms. The van der Waals surface area contributed by atoms with E-state index < -0.39 is 15.6 Å². The second kappa shape index (κ2) is 11.7. The summed E-state index contributed by atoms with van der Waals surface area (Å²) < 4.78 is 48.9. The van der Waals surface area contributed by atoms with Gasteiger partial charge in [0, 0.05) is 18.4 Å². The van der Waals surface area contributed by atoms with Crippen LogP contribution < -0.4 is 4.74 Å². The molecule has 0 aromatic heterocycles. The minimum atomic E-state index is -3.93. The van der Waals surface area contributed by atoms with Crippen molar-refractivity contribution in [3.05, 3.63) is 59.2 Å². The van der Waals surface area contributed by atoms with Crippen molar-refractivity contribution < 1.29 is 22.6 Å². The first-order valence-corrected chi connectivity index (χ1v) is 16.4. The summed E-state index contributed by atoms with van der Waals surface area (Å²) in [5.41, 5.74) is 3.22. The maximum absolute atomic E-state index is 13.3. The van der Waals surface area contributed by atoms with Gasteiger partial charge in [-0.3, -0.25) is 0 Å². The first kappa shape index (κ1) is 29.4. The van der Waals surface area contributed by atoms with Gasteiger partial charge in [0.2, 0.25) is 5.90 Å². The second-order valence-corrected chi connectivity index (χ2v) is 14.0. The fourth-order valence-corrected chi connectivity index (χ4v) is 9.05. The molecule has 2 fully saturated rings. The highest BCUT2D eigenvalue weighted by atomic mass is 35.5. The minimum absolute atomic E-state index is 0.114. The highest BCUT2D eigenvalue weighted by molar-refractivity contribution is 7.90. The molecule has 0 unspecified atom stereocenters. The Hall–Kier alpha value is -2.09. The van der Waals surface area contributed by atoms with Gasteiger partial charge in [-0.2, -0.15) is 8.42 Å². The molecule has 5 atom stereocenters. The number of benzene rings is 2. The number of hydrogen-bond donors (Lipinski definition) is 0. The number of hydrogen-bond acceptors (Lipinski definition) is 5. The summed E-state index contributed by atoms with van der Waals surface area (Å²) in [4.78, 5) is 0.163. The molecule has 0 heterocycles. The van der Waals surface area contributed by atoms with E-state index in [4.69, 9.17) is 25.8 Å². The number of ether oxygens (including phenoxy) is 3. The van der Waals surface area contributed by atoms with E-state index in [-0.39, 0.29) is 16.2 Å². The van der Waals surface area contributed by atoms with Crippen LogP contribution in [0.1, 0.15) is 74.5 Å². The Balaban J connectivity index is 1.44. The third-order valence-corrected chi connectivity index (χ3v) is 11.7. The molecule has 0 radical (unpaired) electrons. The van der Waals surface area contributed by atoms with Crippen molar-refractivity contribution in [1.82, 2.24) is 0 Å². The standard InChI is InChI=1S/C32H42ClNO5S/c1-22-6-10-25(11-7-22)40(35,36)34-30(39-19-5-18-33)21-32(38-4)17-15-29-28-12-8-23-20-24(37-3)9-13-26(23)27(28)14-16-31(29,32)2/h6-7,9-11,13,20,27-29H,5,8,12,14-19,21H2,1-4H3/t27-,28-,29+,31+,32-/m1/s1. The number of sulfonamides is 1. The molecule has 0 aliphatic heterocycles. The zero-order valence-electron chi connectivity index (χ0n) is 24.1. The largest absolute Gasteiger partial charge is 0.497 e. The molecule has 0 N–H and O–H groups in total. The van der Waals surface area contributed by atoms with Gasteiger partial charge in [0.05, 0.1) is 30.6 Å². The second-order valence-electron chi connectivity index (χ2n) is 12.0. The predicted octanol–water partition coefficient (Wildman–Crippen LogP) is 7.07. The number of rotatable bonds is 9. The molecule has 2 aromatic rings. The SMILES string of the molecule is COc1ccc2c(c1)CC[C@@H]1[C@@H]2CC[C@@]2(C)[C@H]1CC[C@]2(CC(=NS(=O)(=O)c1ccc(C)cc1)OCCCCl)OC. The quantitative estimate of drug-likeness (QED) is 0.136. The number of nitrogens with zero attached hydrogens (tertiary/aromatic N) is 1. The summed E-state index contributed by atoms with van der Waals surface area (Å²) >= 11 is 5.91. The molecule has 2 aromatic carbocycles. The zero-order chi connectivity index (χ0) is 28.5. The smallest absolute Gasteiger partial charge is 0.285 e. The summed E-state index contributed by atoms with van der Waals surface area (Å²) in [6, 6.07) is 13.3. The lowest BCUT2D eigenvalue weighted by molar-refractivity contribution is -0.123. The van der Waals surface area contributed by atoms with Crippen LogP contribution in [-0.4, -0.2) is 46.6 Å². The average Bonchev–Trinajstić information content (AvgIpc) is 3.24. The van der Waals surface area contributed by atoms with E-state index in [1.165, 1.54) is 11.1 Å². The molecule has 6 nitrogen and oxygen atoms in total. The lowest BCUT2D eigenvalue weighted by Gasteiger charge is -2.54. The minimum Gasteiger partial charge on any atom is -0.497 e.